The predicted octanol–water partition coefficient (Wildman–Crippen LogP) is 6.13. The van der Waals surface area contributed by atoms with Gasteiger partial charge in [-0.15, -0.1) is 10.2 Å². The lowest BCUT2D eigenvalue weighted by molar-refractivity contribution is 0.0698. The molecule has 188 valence electrons. The summed E-state index contributed by atoms with van der Waals surface area (Å²) in [5, 5.41) is 26.5. The minimum Gasteiger partial charge on any atom is -0.478 e. The van der Waals surface area contributed by atoms with Crippen LogP contribution >= 0.6 is 0 Å². The molecule has 8 heteroatoms. The van der Waals surface area contributed by atoms with Crippen LogP contribution in [0.5, 0.6) is 0 Å². The first-order chi connectivity index (χ1) is 18.6. The molecule has 2 N–H and O–H groups in total. The molecule has 0 unspecified atom stereocenters. The molecule has 0 bridgehead atoms. The maximum absolute atomic E-state index is 12.0. The number of nitrogens with one attached hydrogen (secondary N) is 1. The Hall–Kier alpha value is -4.85. The summed E-state index contributed by atoms with van der Waals surface area (Å²) in [6.45, 7) is 2.75. The average molecular weight is 503 g/mol. The second-order valence-corrected chi connectivity index (χ2v) is 9.37. The first-order valence-corrected chi connectivity index (χ1v) is 12.7. The van der Waals surface area contributed by atoms with Crippen molar-refractivity contribution in [2.45, 2.75) is 32.7 Å². The van der Waals surface area contributed by atoms with Crippen LogP contribution in [-0.4, -0.2) is 41.3 Å². The Morgan fingerprint density at radius 2 is 1.87 bits per heavy atom. The number of nitrogens with zero attached hydrogens (tertiary/aromatic N) is 5. The third-order valence-electron chi connectivity index (χ3n) is 6.97. The summed E-state index contributed by atoms with van der Waals surface area (Å²) in [6.07, 6.45) is 4.81. The van der Waals surface area contributed by atoms with Gasteiger partial charge < -0.3 is 9.67 Å². The van der Waals surface area contributed by atoms with Crippen LogP contribution in [0.25, 0.3) is 44.3 Å². The highest BCUT2D eigenvalue weighted by Crippen LogP contribution is 2.36. The molecule has 0 amide bonds. The van der Waals surface area contributed by atoms with Gasteiger partial charge in [0.2, 0.25) is 5.82 Å². The van der Waals surface area contributed by atoms with Gasteiger partial charge >= 0.3 is 5.97 Å². The summed E-state index contributed by atoms with van der Waals surface area (Å²) in [7, 11) is 0. The van der Waals surface area contributed by atoms with E-state index in [1.807, 2.05) is 30.3 Å². The van der Waals surface area contributed by atoms with E-state index in [0.717, 1.165) is 69.0 Å². The van der Waals surface area contributed by atoms with Crippen LogP contribution in [0.2, 0.25) is 0 Å². The molecule has 6 aromatic rings. The summed E-state index contributed by atoms with van der Waals surface area (Å²) in [4.78, 5) is 16.6. The van der Waals surface area contributed by atoms with Crippen LogP contribution < -0.4 is 0 Å². The maximum atomic E-state index is 12.0. The van der Waals surface area contributed by atoms with Crippen LogP contribution in [0, 0.1) is 0 Å². The van der Waals surface area contributed by atoms with Crippen molar-refractivity contribution >= 4 is 27.8 Å². The third kappa shape index (κ3) is 4.20. The van der Waals surface area contributed by atoms with Crippen LogP contribution in [0.3, 0.4) is 0 Å². The topological polar surface area (TPSA) is 110 Å². The Balaban J connectivity index is 1.43. The number of para-hydroxylation sites is 2. The molecular weight excluding hydrogens is 476 g/mol. The van der Waals surface area contributed by atoms with Gasteiger partial charge in [-0.05, 0) is 47.4 Å². The molecule has 0 spiro atoms. The number of aryl methyl sites for hydroxylation is 1. The molecule has 0 atom stereocenters. The molecule has 38 heavy (non-hydrogen) atoms. The van der Waals surface area contributed by atoms with Crippen molar-refractivity contribution in [3.8, 4) is 22.5 Å². The Morgan fingerprint density at radius 3 is 2.63 bits per heavy atom. The van der Waals surface area contributed by atoms with Gasteiger partial charge in [-0.3, -0.25) is 4.98 Å². The van der Waals surface area contributed by atoms with Crippen molar-refractivity contribution in [1.82, 2.24) is 30.2 Å². The van der Waals surface area contributed by atoms with E-state index in [2.05, 4.69) is 73.5 Å². The van der Waals surface area contributed by atoms with E-state index >= 15 is 0 Å². The Morgan fingerprint density at radius 1 is 1.03 bits per heavy atom. The van der Waals surface area contributed by atoms with Crippen LogP contribution in [0.15, 0.2) is 79.0 Å². The van der Waals surface area contributed by atoms with Gasteiger partial charge in [0.05, 0.1) is 16.6 Å². The summed E-state index contributed by atoms with van der Waals surface area (Å²) in [6, 6.07) is 24.0. The molecule has 6 rings (SSSR count). The smallest absolute Gasteiger partial charge is 0.337 e. The number of unbranched alkanes of at least 4 members (excludes halogenated alkanes) is 1. The number of carboxylic acid groups (broad SMARTS) is 1. The molecule has 3 heterocycles. The molecule has 8 nitrogen and oxygen atoms in total. The number of aromatic amines is 1. The first kappa shape index (κ1) is 23.5. The van der Waals surface area contributed by atoms with Crippen LogP contribution in [-0.2, 0) is 13.0 Å². The second-order valence-electron chi connectivity index (χ2n) is 9.37. The highest BCUT2D eigenvalue weighted by molar-refractivity contribution is 6.03. The lowest BCUT2D eigenvalue weighted by Gasteiger charge is -2.14. The highest BCUT2D eigenvalue weighted by atomic mass is 16.4. The van der Waals surface area contributed by atoms with Gasteiger partial charge in [0.15, 0.2) is 0 Å². The molecule has 0 aliphatic rings. The zero-order valence-corrected chi connectivity index (χ0v) is 20.9. The van der Waals surface area contributed by atoms with Gasteiger partial charge in [0, 0.05) is 40.3 Å². The lowest BCUT2D eigenvalue weighted by atomic mass is 9.95. The number of hydrogen-bond donors (Lipinski definition) is 2. The number of H-pyrrole nitrogens is 1. The van der Waals surface area contributed by atoms with E-state index in [1.165, 1.54) is 0 Å². The second kappa shape index (κ2) is 9.89. The number of benzene rings is 3. The fourth-order valence-electron chi connectivity index (χ4n) is 5.16. The van der Waals surface area contributed by atoms with E-state index < -0.39 is 5.97 Å². The Bertz CT molecular complexity index is 1750. The van der Waals surface area contributed by atoms with E-state index in [0.29, 0.717) is 17.9 Å². The fourth-order valence-corrected chi connectivity index (χ4v) is 5.16. The van der Waals surface area contributed by atoms with Gasteiger partial charge in [-0.25, -0.2) is 4.79 Å². The molecule has 0 aliphatic carbocycles. The predicted molar refractivity (Wildman–Crippen MR) is 147 cm³/mol. The summed E-state index contributed by atoms with van der Waals surface area (Å²) in [5.41, 5.74) is 7.04. The molecule has 0 fully saturated rings. The van der Waals surface area contributed by atoms with Crippen molar-refractivity contribution < 1.29 is 9.90 Å². The Kier molecular flexibility index (Phi) is 6.13. The fraction of sp³-hybridized carbons (Fsp3) is 0.167. The summed E-state index contributed by atoms with van der Waals surface area (Å²) < 4.78 is 2.16. The monoisotopic (exact) mass is 502 g/mol. The highest BCUT2D eigenvalue weighted by Gasteiger charge is 2.18. The quantitative estimate of drug-likeness (QED) is 0.259. The van der Waals surface area contributed by atoms with Crippen molar-refractivity contribution in [1.29, 1.82) is 0 Å². The summed E-state index contributed by atoms with van der Waals surface area (Å²) in [5.74, 6) is -0.422. The lowest BCUT2D eigenvalue weighted by Crippen LogP contribution is -2.08. The minimum absolute atomic E-state index is 0.329. The molecule has 0 radical (unpaired) electrons. The van der Waals surface area contributed by atoms with Gasteiger partial charge in [-0.2, -0.15) is 5.21 Å². The zero-order valence-electron chi connectivity index (χ0n) is 20.9. The minimum atomic E-state index is -0.911. The number of tetrazole rings is 1. The molecule has 3 aromatic carbocycles. The third-order valence-corrected chi connectivity index (χ3v) is 6.97. The zero-order chi connectivity index (χ0) is 26.1. The largest absolute Gasteiger partial charge is 0.478 e. The van der Waals surface area contributed by atoms with Gasteiger partial charge in [-0.1, -0.05) is 67.9 Å². The average Bonchev–Trinajstić information content (AvgIpc) is 3.60. The number of carboxylic acids is 1. The molecule has 0 saturated heterocycles. The first-order valence-electron chi connectivity index (χ1n) is 12.7. The van der Waals surface area contributed by atoms with E-state index in [4.69, 9.17) is 0 Å². The van der Waals surface area contributed by atoms with Crippen molar-refractivity contribution in [2.24, 2.45) is 0 Å². The number of aromatic nitrogens is 6. The number of aromatic carboxylic acids is 1. The molecule has 0 aliphatic heterocycles. The normalized spacial score (nSPS) is 11.4. The Labute approximate surface area is 219 Å². The number of fused-ring (bicyclic) bond motifs is 2. The number of hydrogen-bond acceptors (Lipinski definition) is 5. The van der Waals surface area contributed by atoms with Gasteiger partial charge in [0.1, 0.15) is 0 Å². The summed E-state index contributed by atoms with van der Waals surface area (Å²) >= 11 is 0. The number of rotatable bonds is 8. The van der Waals surface area contributed by atoms with Crippen molar-refractivity contribution in [3.05, 3.63) is 95.8 Å². The number of pyridine rings is 1. The van der Waals surface area contributed by atoms with Crippen molar-refractivity contribution in [3.63, 3.8) is 0 Å². The van der Waals surface area contributed by atoms with Crippen molar-refractivity contribution in [2.75, 3.05) is 0 Å². The van der Waals surface area contributed by atoms with Crippen LogP contribution in [0.4, 0.5) is 0 Å². The SMILES string of the molecule is CCCCc1cc2cccc(C(=O)O)c2n1Cc1ccc(-c2c(-c3nn[nH]n3)cnc3ccccc23)cc1. The number of carbonyl (C=O) groups is 1. The van der Waals surface area contributed by atoms with Crippen LogP contribution in [0.1, 0.15) is 41.4 Å². The molecule has 0 saturated carbocycles. The molecule has 3 aromatic heterocycles. The molecular formula is C30H26N6O2. The maximum Gasteiger partial charge on any atom is 0.337 e. The van der Waals surface area contributed by atoms with E-state index in [9.17, 15) is 9.90 Å². The van der Waals surface area contributed by atoms with E-state index in [-0.39, 0.29) is 0 Å². The van der Waals surface area contributed by atoms with E-state index in [1.54, 1.807) is 12.3 Å². The van der Waals surface area contributed by atoms with Gasteiger partial charge in [0.25, 0.3) is 0 Å². The standard InChI is InChI=1S/C30H26N6O2/c1-2-3-8-22-16-21-7-6-10-24(30(37)38)28(21)36(22)18-19-12-14-20(15-13-19)27-23-9-4-5-11-26(23)31-17-25(27)29-32-34-35-33-29/h4-7,9-17H,2-3,8,18H2,1H3,(H,37,38)(H,32,33,34,35).